The number of ether oxygens (including phenoxy) is 2. The highest BCUT2D eigenvalue weighted by atomic mass is 16.6. The van der Waals surface area contributed by atoms with Gasteiger partial charge in [-0.2, -0.15) is 0 Å². The standard InChI is InChI=1S/C13H26O4/c1-3-5-6-10(4-2)7-16-9-12-13(15)11(14)8-17-12/h10-15H,3-9H2,1-2H3/t10?,11-,12+,13-/m1/s1. The van der Waals surface area contributed by atoms with Gasteiger partial charge in [-0.05, 0) is 12.3 Å². The van der Waals surface area contributed by atoms with E-state index in [0.717, 1.165) is 13.0 Å². The number of hydrogen-bond donors (Lipinski definition) is 2. The molecule has 17 heavy (non-hydrogen) atoms. The summed E-state index contributed by atoms with van der Waals surface area (Å²) in [6, 6.07) is 0. The summed E-state index contributed by atoms with van der Waals surface area (Å²) in [6.45, 7) is 5.67. The van der Waals surface area contributed by atoms with Gasteiger partial charge in [0.05, 0.1) is 13.2 Å². The summed E-state index contributed by atoms with van der Waals surface area (Å²) < 4.78 is 10.8. The Morgan fingerprint density at radius 1 is 1.35 bits per heavy atom. The second-order valence-electron chi connectivity index (χ2n) is 4.88. The molecule has 0 saturated carbocycles. The van der Waals surface area contributed by atoms with E-state index in [2.05, 4.69) is 13.8 Å². The molecule has 1 rings (SSSR count). The highest BCUT2D eigenvalue weighted by Crippen LogP contribution is 2.16. The lowest BCUT2D eigenvalue weighted by Gasteiger charge is -2.18. The largest absolute Gasteiger partial charge is 0.388 e. The van der Waals surface area contributed by atoms with Gasteiger partial charge in [0.2, 0.25) is 0 Å². The monoisotopic (exact) mass is 246 g/mol. The van der Waals surface area contributed by atoms with Crippen molar-refractivity contribution in [1.82, 2.24) is 0 Å². The molecule has 0 aliphatic carbocycles. The number of aliphatic hydroxyl groups is 2. The Balaban J connectivity index is 2.13. The Bertz CT molecular complexity index is 198. The van der Waals surface area contributed by atoms with E-state index in [1.165, 1.54) is 19.3 Å². The first-order chi connectivity index (χ1) is 8.19. The molecule has 1 saturated heterocycles. The highest BCUT2D eigenvalue weighted by molar-refractivity contribution is 4.82. The second kappa shape index (κ2) is 8.03. The molecule has 1 aliphatic rings. The predicted octanol–water partition coefficient (Wildman–Crippen LogP) is 1.34. The Kier molecular flexibility index (Phi) is 7.04. The van der Waals surface area contributed by atoms with Crippen LogP contribution in [0.15, 0.2) is 0 Å². The summed E-state index contributed by atoms with van der Waals surface area (Å²) in [6.07, 6.45) is 2.85. The third-order valence-corrected chi connectivity index (χ3v) is 3.44. The van der Waals surface area contributed by atoms with Gasteiger partial charge < -0.3 is 19.7 Å². The topological polar surface area (TPSA) is 58.9 Å². The molecule has 0 bridgehead atoms. The fraction of sp³-hybridized carbons (Fsp3) is 1.00. The normalized spacial score (nSPS) is 30.7. The molecule has 0 aromatic carbocycles. The van der Waals surface area contributed by atoms with Gasteiger partial charge in [-0.1, -0.05) is 33.1 Å². The van der Waals surface area contributed by atoms with Crippen LogP contribution in [-0.2, 0) is 9.47 Å². The van der Waals surface area contributed by atoms with Crippen molar-refractivity contribution < 1.29 is 19.7 Å². The molecular formula is C13H26O4. The Hall–Kier alpha value is -0.160. The van der Waals surface area contributed by atoms with Crippen LogP contribution < -0.4 is 0 Å². The van der Waals surface area contributed by atoms with Crippen molar-refractivity contribution >= 4 is 0 Å². The lowest BCUT2D eigenvalue weighted by Crippen LogP contribution is -2.33. The van der Waals surface area contributed by atoms with E-state index >= 15 is 0 Å². The van der Waals surface area contributed by atoms with Gasteiger partial charge in [-0.25, -0.2) is 0 Å². The molecule has 1 fully saturated rings. The molecule has 102 valence electrons. The van der Waals surface area contributed by atoms with Crippen LogP contribution in [-0.4, -0.2) is 48.3 Å². The summed E-state index contributed by atoms with van der Waals surface area (Å²) >= 11 is 0. The first-order valence-electron chi connectivity index (χ1n) is 6.74. The highest BCUT2D eigenvalue weighted by Gasteiger charge is 2.34. The summed E-state index contributed by atoms with van der Waals surface area (Å²) in [5.41, 5.74) is 0. The summed E-state index contributed by atoms with van der Waals surface area (Å²) in [5.74, 6) is 0.596. The maximum Gasteiger partial charge on any atom is 0.110 e. The van der Waals surface area contributed by atoms with Gasteiger partial charge in [-0.3, -0.25) is 0 Å². The number of unbranched alkanes of at least 4 members (excludes halogenated alkanes) is 1. The average Bonchev–Trinajstić information content (AvgIpc) is 2.65. The molecule has 0 aromatic heterocycles. The minimum atomic E-state index is -0.800. The maximum atomic E-state index is 9.57. The van der Waals surface area contributed by atoms with Crippen molar-refractivity contribution in [1.29, 1.82) is 0 Å². The average molecular weight is 246 g/mol. The Morgan fingerprint density at radius 3 is 2.65 bits per heavy atom. The van der Waals surface area contributed by atoms with Crippen molar-refractivity contribution in [3.63, 3.8) is 0 Å². The Morgan fingerprint density at radius 2 is 2.12 bits per heavy atom. The summed E-state index contributed by atoms with van der Waals surface area (Å²) in [5, 5.41) is 18.9. The van der Waals surface area contributed by atoms with Gasteiger partial charge >= 0.3 is 0 Å². The molecule has 1 aliphatic heterocycles. The number of rotatable bonds is 8. The van der Waals surface area contributed by atoms with Gasteiger partial charge in [-0.15, -0.1) is 0 Å². The van der Waals surface area contributed by atoms with Crippen molar-refractivity contribution in [3.05, 3.63) is 0 Å². The third kappa shape index (κ3) is 4.92. The minimum Gasteiger partial charge on any atom is -0.388 e. The van der Waals surface area contributed by atoms with Gasteiger partial charge in [0.25, 0.3) is 0 Å². The van der Waals surface area contributed by atoms with Crippen LogP contribution in [0, 0.1) is 5.92 Å². The van der Waals surface area contributed by atoms with E-state index in [9.17, 15) is 10.2 Å². The molecule has 4 atom stereocenters. The molecule has 4 heteroatoms. The van der Waals surface area contributed by atoms with Crippen LogP contribution in [0.25, 0.3) is 0 Å². The van der Waals surface area contributed by atoms with E-state index in [0.29, 0.717) is 12.5 Å². The molecular weight excluding hydrogens is 220 g/mol. The third-order valence-electron chi connectivity index (χ3n) is 3.44. The van der Waals surface area contributed by atoms with Crippen molar-refractivity contribution in [2.75, 3.05) is 19.8 Å². The number of aliphatic hydroxyl groups excluding tert-OH is 2. The van der Waals surface area contributed by atoms with Crippen LogP contribution in [0.4, 0.5) is 0 Å². The zero-order valence-corrected chi connectivity index (χ0v) is 11.0. The van der Waals surface area contributed by atoms with Crippen LogP contribution in [0.3, 0.4) is 0 Å². The van der Waals surface area contributed by atoms with Crippen LogP contribution >= 0.6 is 0 Å². The zero-order chi connectivity index (χ0) is 12.7. The van der Waals surface area contributed by atoms with Crippen LogP contribution in [0.2, 0.25) is 0 Å². The van der Waals surface area contributed by atoms with Crippen molar-refractivity contribution in [3.8, 4) is 0 Å². The minimum absolute atomic E-state index is 0.211. The molecule has 4 nitrogen and oxygen atoms in total. The molecule has 1 heterocycles. The fourth-order valence-corrected chi connectivity index (χ4v) is 2.06. The smallest absolute Gasteiger partial charge is 0.110 e. The van der Waals surface area contributed by atoms with E-state index in [1.54, 1.807) is 0 Å². The van der Waals surface area contributed by atoms with E-state index in [-0.39, 0.29) is 12.7 Å². The summed E-state index contributed by atoms with van der Waals surface area (Å²) in [7, 11) is 0. The van der Waals surface area contributed by atoms with Gasteiger partial charge in [0, 0.05) is 6.61 Å². The lowest BCUT2D eigenvalue weighted by atomic mass is 10.0. The first kappa shape index (κ1) is 14.9. The molecule has 0 aromatic rings. The van der Waals surface area contributed by atoms with E-state index < -0.39 is 12.2 Å². The van der Waals surface area contributed by atoms with Gasteiger partial charge in [0.15, 0.2) is 0 Å². The van der Waals surface area contributed by atoms with Crippen LogP contribution in [0.5, 0.6) is 0 Å². The predicted molar refractivity (Wildman–Crippen MR) is 65.9 cm³/mol. The van der Waals surface area contributed by atoms with Crippen LogP contribution in [0.1, 0.15) is 39.5 Å². The SMILES string of the molecule is CCCCC(CC)COC[C@@H]1OC[C@@H](O)[C@H]1O. The van der Waals surface area contributed by atoms with Gasteiger partial charge in [0.1, 0.15) is 18.3 Å². The van der Waals surface area contributed by atoms with E-state index in [4.69, 9.17) is 9.47 Å². The maximum absolute atomic E-state index is 9.57. The lowest BCUT2D eigenvalue weighted by molar-refractivity contribution is -0.0377. The number of hydrogen-bond acceptors (Lipinski definition) is 4. The molecule has 0 radical (unpaired) electrons. The molecule has 0 spiro atoms. The first-order valence-corrected chi connectivity index (χ1v) is 6.74. The van der Waals surface area contributed by atoms with Crippen molar-refractivity contribution in [2.24, 2.45) is 5.92 Å². The molecule has 0 amide bonds. The zero-order valence-electron chi connectivity index (χ0n) is 11.0. The summed E-state index contributed by atoms with van der Waals surface area (Å²) in [4.78, 5) is 0. The fourth-order valence-electron chi connectivity index (χ4n) is 2.06. The molecule has 2 N–H and O–H groups in total. The quantitative estimate of drug-likeness (QED) is 0.678. The van der Waals surface area contributed by atoms with E-state index in [1.807, 2.05) is 0 Å². The molecule has 1 unspecified atom stereocenters. The Labute approximate surface area is 104 Å². The van der Waals surface area contributed by atoms with Crippen molar-refractivity contribution in [2.45, 2.75) is 57.8 Å². The second-order valence-corrected chi connectivity index (χ2v) is 4.88.